The Labute approximate surface area is 510 Å². The second-order valence-electron chi connectivity index (χ2n) is 15.9. The van der Waals surface area contributed by atoms with E-state index in [2.05, 4.69) is 187 Å². The number of hydrogen-bond donors (Lipinski definition) is 3. The maximum atomic E-state index is 8.94. The van der Waals surface area contributed by atoms with Crippen LogP contribution in [-0.2, 0) is 69.1 Å². The van der Waals surface area contributed by atoms with Gasteiger partial charge in [0.1, 0.15) is 110 Å². The van der Waals surface area contributed by atoms with Crippen LogP contribution in [-0.4, -0.2) is 102 Å². The molecule has 0 saturated carbocycles. The van der Waals surface area contributed by atoms with Crippen LogP contribution >= 0.6 is 0 Å². The van der Waals surface area contributed by atoms with Crippen molar-refractivity contribution in [3.63, 3.8) is 0 Å². The minimum Gasteiger partial charge on any atom is -1.00 e. The standard InChI is InChI=1S/6C10H13OS.AsH3O4.6FH/c6*1-4-11-9-5-7-10(8-6-9)12(2)3;2-1(3,4)5;;;;;;/h6*4-8H,1H2,2-3H3;(H3,2,3,4,5);6*1H/q6*+1;;;;;;;/p-6. The predicted molar refractivity (Wildman–Crippen MR) is 342 cm³/mol. The van der Waals surface area contributed by atoms with E-state index in [0.717, 1.165) is 34.5 Å². The Morgan fingerprint density at radius 3 is 0.410 bits per heavy atom. The Balaban J connectivity index is -0.000000162. The molecule has 83 heavy (non-hydrogen) atoms. The Kier molecular flexibility index (Phi) is 58.5. The fourth-order valence-corrected chi connectivity index (χ4v) is 9.40. The molecule has 0 aliphatic heterocycles. The van der Waals surface area contributed by atoms with Crippen molar-refractivity contribution in [2.45, 2.75) is 29.4 Å². The molecule has 0 heterocycles. The van der Waals surface area contributed by atoms with Crippen molar-refractivity contribution in [2.75, 3.05) is 75.1 Å². The number of rotatable bonds is 18. The molecule has 6 aromatic carbocycles. The molecule has 10 nitrogen and oxygen atoms in total. The van der Waals surface area contributed by atoms with Gasteiger partial charge in [0.05, 0.1) is 37.6 Å². The monoisotopic (exact) mass is 1340 g/mol. The molecule has 0 atom stereocenters. The summed E-state index contributed by atoms with van der Waals surface area (Å²) in [5.41, 5.74) is 0. The fraction of sp³-hybridized carbons (Fsp3) is 0.200. The third kappa shape index (κ3) is 45.6. The number of halogens is 6. The molecule has 0 aromatic heterocycles. The van der Waals surface area contributed by atoms with Crippen LogP contribution in [0.4, 0.5) is 0 Å². The second kappa shape index (κ2) is 53.2. The molecule has 0 saturated heterocycles. The fourth-order valence-electron chi connectivity index (χ4n) is 5.32. The maximum absolute atomic E-state index is 8.94. The minimum atomic E-state index is -5.12. The zero-order valence-corrected chi connectivity index (χ0v) is 55.7. The van der Waals surface area contributed by atoms with Crippen molar-refractivity contribution >= 4 is 79.9 Å². The Hall–Kier alpha value is -5.52. The average Bonchev–Trinajstić information content (AvgIpc) is 3.38. The van der Waals surface area contributed by atoms with Gasteiger partial charge in [0.2, 0.25) is 0 Å². The van der Waals surface area contributed by atoms with Gasteiger partial charge in [-0.3, -0.25) is 0 Å². The van der Waals surface area contributed by atoms with Gasteiger partial charge in [-0.1, -0.05) is 39.5 Å². The molecule has 6 aromatic rings. The van der Waals surface area contributed by atoms with Crippen molar-refractivity contribution < 1.29 is 72.7 Å². The molecule has 0 fully saturated rings. The first-order valence-corrected chi connectivity index (χ1v) is 38.5. The van der Waals surface area contributed by atoms with Crippen molar-refractivity contribution in [2.24, 2.45) is 0 Å². The van der Waals surface area contributed by atoms with Gasteiger partial charge in [-0.2, -0.15) is 0 Å². The van der Waals surface area contributed by atoms with E-state index in [1.165, 1.54) is 66.9 Å². The molecule has 0 unspecified atom stereocenters. The Bertz CT molecular complexity index is 2160. The molecular weight excluding hydrogens is 1260 g/mol. The second-order valence-corrected chi connectivity index (χ2v) is 30.7. The molecule has 0 aliphatic carbocycles. The summed E-state index contributed by atoms with van der Waals surface area (Å²) in [5, 5.41) is 0. The molecular formula is C60H81AsF6O10S6. The SMILES string of the molecule is C=COc1ccc([S+](C)C)cc1.C=COc1ccc([S+](C)C)cc1.C=COc1ccc([S+](C)C)cc1.C=COc1ccc([S+](C)C)cc1.C=COc1ccc([S+](C)C)cc1.C=COc1ccc([S+](C)C)cc1.O=[As](O)(O)O.[F-].[F-].[F-].[F-].[F-].[F-]. The molecule has 464 valence electrons. The molecule has 0 spiro atoms. The maximum Gasteiger partial charge on any atom is -1.00 e. The quantitative estimate of drug-likeness (QED) is 0.0332. The van der Waals surface area contributed by atoms with Gasteiger partial charge in [-0.15, -0.1) is 0 Å². The van der Waals surface area contributed by atoms with E-state index in [-0.39, 0.29) is 28.2 Å². The zero-order chi connectivity index (χ0) is 58.3. The molecule has 3 N–H and O–H groups in total. The minimum absolute atomic E-state index is 0. The van der Waals surface area contributed by atoms with Crippen LogP contribution in [0.3, 0.4) is 0 Å². The first kappa shape index (κ1) is 91.2. The molecule has 0 amide bonds. The normalized spacial score (nSPS) is 9.31. The largest absolute Gasteiger partial charge is 1.00 e. The Morgan fingerprint density at radius 1 is 0.265 bits per heavy atom. The van der Waals surface area contributed by atoms with Crippen LogP contribution in [0.15, 0.2) is 252 Å². The van der Waals surface area contributed by atoms with Gasteiger partial charge in [0.25, 0.3) is 0 Å². The van der Waals surface area contributed by atoms with E-state index in [1.807, 2.05) is 72.8 Å². The van der Waals surface area contributed by atoms with Gasteiger partial charge in [0.15, 0.2) is 29.4 Å². The predicted octanol–water partition coefficient (Wildman–Crippen LogP) is -5.47. The number of ether oxygens (including phenoxy) is 6. The molecule has 6 rings (SSSR count). The Morgan fingerprint density at radius 2 is 0.349 bits per heavy atom. The summed E-state index contributed by atoms with van der Waals surface area (Å²) in [4.78, 5) is 8.12. The molecule has 0 bridgehead atoms. The van der Waals surface area contributed by atoms with Crippen molar-refractivity contribution in [3.05, 3.63) is 223 Å². The third-order valence-corrected chi connectivity index (χ3v) is 16.4. The summed E-state index contributed by atoms with van der Waals surface area (Å²) in [6.07, 6.45) is 35.0. The van der Waals surface area contributed by atoms with Gasteiger partial charge >= 0.3 is 30.5 Å². The summed E-state index contributed by atoms with van der Waals surface area (Å²) < 4.78 is 61.3. The smallest absolute Gasteiger partial charge is 1.00 e. The molecule has 23 heteroatoms. The van der Waals surface area contributed by atoms with Crippen LogP contribution < -0.4 is 56.6 Å². The van der Waals surface area contributed by atoms with E-state index < -0.39 is 14.5 Å². The third-order valence-electron chi connectivity index (χ3n) is 9.09. The number of benzene rings is 6. The summed E-state index contributed by atoms with van der Waals surface area (Å²) in [5.74, 6) is 5.08. The molecule has 0 radical (unpaired) electrons. The average molecular weight is 1340 g/mol. The summed E-state index contributed by atoms with van der Waals surface area (Å²) >= 11 is -5.12. The van der Waals surface area contributed by atoms with Crippen molar-refractivity contribution in [1.82, 2.24) is 0 Å². The van der Waals surface area contributed by atoms with Gasteiger partial charge in [-0.25, -0.2) is 0 Å². The van der Waals surface area contributed by atoms with E-state index >= 15 is 0 Å². The van der Waals surface area contributed by atoms with Crippen molar-refractivity contribution in [1.29, 1.82) is 0 Å². The van der Waals surface area contributed by atoms with E-state index in [0.29, 0.717) is 65.4 Å². The van der Waals surface area contributed by atoms with E-state index in [4.69, 9.17) is 44.4 Å². The summed E-state index contributed by atoms with van der Waals surface area (Å²) in [6.45, 7) is 21.0. The number of hydrogen-bond acceptors (Lipinski definition) is 7. The van der Waals surface area contributed by atoms with E-state index in [9.17, 15) is 0 Å². The van der Waals surface area contributed by atoms with Gasteiger partial charge < -0.3 is 56.6 Å². The van der Waals surface area contributed by atoms with Crippen LogP contribution in [0, 0.1) is 0 Å². The van der Waals surface area contributed by atoms with Gasteiger partial charge in [0, 0.05) is 65.4 Å². The zero-order valence-electron chi connectivity index (χ0n) is 48.9. The summed E-state index contributed by atoms with van der Waals surface area (Å²) in [7, 11) is 1.96. The van der Waals surface area contributed by atoms with Crippen LogP contribution in [0.1, 0.15) is 0 Å². The van der Waals surface area contributed by atoms with Crippen LogP contribution in [0.25, 0.3) is 0 Å². The van der Waals surface area contributed by atoms with Crippen molar-refractivity contribution in [3.8, 4) is 34.5 Å². The van der Waals surface area contributed by atoms with Crippen LogP contribution in [0.2, 0.25) is 0 Å². The summed E-state index contributed by atoms with van der Waals surface area (Å²) in [6, 6.07) is 48.6. The first-order valence-electron chi connectivity index (χ1n) is 22.9. The molecule has 0 aliphatic rings. The topological polar surface area (TPSA) is 133 Å². The van der Waals surface area contributed by atoms with Crippen LogP contribution in [0.5, 0.6) is 34.5 Å². The van der Waals surface area contributed by atoms with E-state index in [1.54, 1.807) is 0 Å². The first-order chi connectivity index (χ1) is 36.4. The van der Waals surface area contributed by atoms with Gasteiger partial charge in [-0.05, 0) is 146 Å².